The summed E-state index contributed by atoms with van der Waals surface area (Å²) in [5.41, 5.74) is 1.20. The second-order valence-corrected chi connectivity index (χ2v) is 9.40. The topological polar surface area (TPSA) is 105 Å². The Morgan fingerprint density at radius 1 is 0.970 bits per heavy atom. The van der Waals surface area contributed by atoms with Crippen molar-refractivity contribution >= 4 is 21.8 Å². The Balaban J connectivity index is 1.37. The van der Waals surface area contributed by atoms with Gasteiger partial charge in [-0.2, -0.15) is 4.31 Å². The molecule has 4 rings (SSSR count). The summed E-state index contributed by atoms with van der Waals surface area (Å²) in [5.74, 6) is 0.720. The van der Waals surface area contributed by atoms with E-state index in [2.05, 4.69) is 10.6 Å². The number of hydrogen-bond donors (Lipinski definition) is 2. The number of carbonyl (C=O) groups is 2. The molecule has 0 atom stereocenters. The highest BCUT2D eigenvalue weighted by atomic mass is 32.2. The van der Waals surface area contributed by atoms with Crippen molar-refractivity contribution in [3.63, 3.8) is 0 Å². The molecule has 0 saturated carbocycles. The van der Waals surface area contributed by atoms with Crippen molar-refractivity contribution in [1.82, 2.24) is 14.9 Å². The Hall–Kier alpha value is -3.69. The number of nitrogens with one attached hydrogen (secondary N) is 2. The number of rotatable bonds is 7. The number of para-hydroxylation sites is 1. The average Bonchev–Trinajstić information content (AvgIpc) is 2.83. The van der Waals surface area contributed by atoms with Crippen LogP contribution in [0.4, 0.5) is 0 Å². The Morgan fingerprint density at radius 2 is 1.70 bits per heavy atom. The van der Waals surface area contributed by atoms with Crippen molar-refractivity contribution in [3.8, 4) is 11.5 Å². The van der Waals surface area contributed by atoms with Crippen LogP contribution in [0.15, 0.2) is 83.8 Å². The summed E-state index contributed by atoms with van der Waals surface area (Å²) in [5, 5.41) is 5.42. The van der Waals surface area contributed by atoms with Crippen LogP contribution in [-0.2, 0) is 21.4 Å². The van der Waals surface area contributed by atoms with E-state index in [4.69, 9.17) is 4.74 Å². The molecule has 0 aromatic heterocycles. The molecular formula is C24H23N3O5S. The summed E-state index contributed by atoms with van der Waals surface area (Å²) in [4.78, 5) is 24.1. The fraction of sp³-hybridized carbons (Fsp3) is 0.167. The molecule has 1 fully saturated rings. The van der Waals surface area contributed by atoms with Gasteiger partial charge in [0.25, 0.3) is 5.91 Å². The lowest BCUT2D eigenvalue weighted by Crippen LogP contribution is -2.49. The molecule has 1 saturated heterocycles. The zero-order valence-corrected chi connectivity index (χ0v) is 18.5. The summed E-state index contributed by atoms with van der Waals surface area (Å²) in [7, 11) is -3.80. The smallest absolute Gasteiger partial charge is 0.251 e. The van der Waals surface area contributed by atoms with E-state index in [1.54, 1.807) is 0 Å². The molecule has 3 aromatic carbocycles. The van der Waals surface area contributed by atoms with E-state index in [-0.39, 0.29) is 42.9 Å². The van der Waals surface area contributed by atoms with Gasteiger partial charge in [0.2, 0.25) is 15.9 Å². The molecule has 170 valence electrons. The maximum Gasteiger partial charge on any atom is 0.251 e. The highest BCUT2D eigenvalue weighted by Crippen LogP contribution is 2.22. The lowest BCUT2D eigenvalue weighted by Gasteiger charge is -2.25. The van der Waals surface area contributed by atoms with Crippen LogP contribution in [0.5, 0.6) is 11.5 Å². The van der Waals surface area contributed by atoms with Crippen LogP contribution < -0.4 is 15.4 Å². The standard InChI is InChI=1S/C24H23N3O5S/c28-23-17-27(14-13-25-23)33(30,31)22-11-9-19(10-12-22)24(29)26-16-18-5-4-8-21(15-18)32-20-6-2-1-3-7-20/h1-12,15H,13-14,16-17H2,(H,25,28)(H,26,29). The van der Waals surface area contributed by atoms with Gasteiger partial charge in [-0.05, 0) is 54.1 Å². The molecule has 1 aliphatic heterocycles. The zero-order valence-electron chi connectivity index (χ0n) is 17.7. The number of amides is 2. The van der Waals surface area contributed by atoms with Crippen LogP contribution in [-0.4, -0.2) is 44.2 Å². The number of nitrogens with zero attached hydrogens (tertiary/aromatic N) is 1. The number of hydrogen-bond acceptors (Lipinski definition) is 5. The first-order valence-electron chi connectivity index (χ1n) is 10.4. The van der Waals surface area contributed by atoms with Gasteiger partial charge < -0.3 is 15.4 Å². The third kappa shape index (κ3) is 5.57. The van der Waals surface area contributed by atoms with Gasteiger partial charge in [0.15, 0.2) is 0 Å². The van der Waals surface area contributed by atoms with E-state index in [1.807, 2.05) is 54.6 Å². The van der Waals surface area contributed by atoms with Crippen molar-refractivity contribution in [2.75, 3.05) is 19.6 Å². The molecule has 3 aromatic rings. The van der Waals surface area contributed by atoms with Crippen LogP contribution in [0.1, 0.15) is 15.9 Å². The highest BCUT2D eigenvalue weighted by molar-refractivity contribution is 7.89. The average molecular weight is 466 g/mol. The van der Waals surface area contributed by atoms with Gasteiger partial charge in [-0.1, -0.05) is 30.3 Å². The summed E-state index contributed by atoms with van der Waals surface area (Å²) in [6, 6.07) is 22.5. The molecular weight excluding hydrogens is 442 g/mol. The summed E-state index contributed by atoms with van der Waals surface area (Å²) >= 11 is 0. The van der Waals surface area contributed by atoms with Gasteiger partial charge in [0.05, 0.1) is 11.4 Å². The maximum atomic E-state index is 12.7. The predicted molar refractivity (Wildman–Crippen MR) is 122 cm³/mol. The molecule has 0 aliphatic carbocycles. The van der Waals surface area contributed by atoms with E-state index in [9.17, 15) is 18.0 Å². The number of piperazine rings is 1. The van der Waals surface area contributed by atoms with Crippen LogP contribution in [0, 0.1) is 0 Å². The molecule has 0 spiro atoms. The van der Waals surface area contributed by atoms with Crippen molar-refractivity contribution in [3.05, 3.63) is 90.0 Å². The Labute approximate surface area is 192 Å². The van der Waals surface area contributed by atoms with Gasteiger partial charge >= 0.3 is 0 Å². The molecule has 9 heteroatoms. The molecule has 1 aliphatic rings. The minimum absolute atomic E-state index is 0.0412. The molecule has 2 N–H and O–H groups in total. The van der Waals surface area contributed by atoms with Crippen molar-refractivity contribution < 1.29 is 22.7 Å². The summed E-state index contributed by atoms with van der Waals surface area (Å²) in [6.07, 6.45) is 0. The Bertz CT molecular complexity index is 1240. The Kier molecular flexibility index (Phi) is 6.71. The van der Waals surface area contributed by atoms with E-state index in [1.165, 1.54) is 24.3 Å². The maximum absolute atomic E-state index is 12.7. The predicted octanol–water partition coefficient (Wildman–Crippen LogP) is 2.53. The first-order chi connectivity index (χ1) is 15.9. The van der Waals surface area contributed by atoms with Crippen LogP contribution >= 0.6 is 0 Å². The monoisotopic (exact) mass is 465 g/mol. The zero-order chi connectivity index (χ0) is 23.3. The lowest BCUT2D eigenvalue weighted by molar-refractivity contribution is -0.122. The van der Waals surface area contributed by atoms with E-state index in [0.29, 0.717) is 11.3 Å². The number of sulfonamides is 1. The first kappa shape index (κ1) is 22.5. The molecule has 0 unspecified atom stereocenters. The first-order valence-corrected chi connectivity index (χ1v) is 11.8. The van der Waals surface area contributed by atoms with Gasteiger partial charge in [-0.3, -0.25) is 9.59 Å². The summed E-state index contributed by atoms with van der Waals surface area (Å²) in [6.45, 7) is 0.560. The number of benzene rings is 3. The minimum Gasteiger partial charge on any atom is -0.457 e. The molecule has 8 nitrogen and oxygen atoms in total. The van der Waals surface area contributed by atoms with Gasteiger partial charge in [0, 0.05) is 25.2 Å². The second kappa shape index (κ2) is 9.85. The number of carbonyl (C=O) groups excluding carboxylic acids is 2. The van der Waals surface area contributed by atoms with Crippen molar-refractivity contribution in [2.24, 2.45) is 0 Å². The van der Waals surface area contributed by atoms with Crippen molar-refractivity contribution in [2.45, 2.75) is 11.4 Å². The van der Waals surface area contributed by atoms with E-state index >= 15 is 0 Å². The van der Waals surface area contributed by atoms with Crippen molar-refractivity contribution in [1.29, 1.82) is 0 Å². The summed E-state index contributed by atoms with van der Waals surface area (Å²) < 4.78 is 32.4. The quantitative estimate of drug-likeness (QED) is 0.558. The van der Waals surface area contributed by atoms with Crippen LogP contribution in [0.25, 0.3) is 0 Å². The fourth-order valence-corrected chi connectivity index (χ4v) is 4.77. The van der Waals surface area contributed by atoms with E-state index < -0.39 is 10.0 Å². The molecule has 1 heterocycles. The lowest BCUT2D eigenvalue weighted by atomic mass is 10.2. The molecule has 0 bridgehead atoms. The minimum atomic E-state index is -3.80. The van der Waals surface area contributed by atoms with Gasteiger partial charge in [-0.25, -0.2) is 8.42 Å². The van der Waals surface area contributed by atoms with E-state index in [0.717, 1.165) is 15.6 Å². The largest absolute Gasteiger partial charge is 0.457 e. The SMILES string of the molecule is O=C1CN(S(=O)(=O)c2ccc(C(=O)NCc3cccc(Oc4ccccc4)c3)cc2)CCN1. The molecule has 0 radical (unpaired) electrons. The van der Waals surface area contributed by atoms with Gasteiger partial charge in [-0.15, -0.1) is 0 Å². The normalized spacial score (nSPS) is 14.4. The third-order valence-corrected chi connectivity index (χ3v) is 6.95. The highest BCUT2D eigenvalue weighted by Gasteiger charge is 2.29. The third-order valence-electron chi connectivity index (χ3n) is 5.09. The molecule has 33 heavy (non-hydrogen) atoms. The second-order valence-electron chi connectivity index (χ2n) is 7.46. The molecule has 2 amide bonds. The van der Waals surface area contributed by atoms with Gasteiger partial charge in [0.1, 0.15) is 11.5 Å². The number of ether oxygens (including phenoxy) is 1. The fourth-order valence-electron chi connectivity index (χ4n) is 3.38. The van der Waals surface area contributed by atoms with Crippen LogP contribution in [0.2, 0.25) is 0 Å². The van der Waals surface area contributed by atoms with Crippen LogP contribution in [0.3, 0.4) is 0 Å². The Morgan fingerprint density at radius 3 is 2.42 bits per heavy atom.